The second-order valence-electron chi connectivity index (χ2n) is 7.49. The largest absolute Gasteiger partial charge is 0.454 e. The highest BCUT2D eigenvalue weighted by Crippen LogP contribution is 2.40. The molecule has 1 aliphatic carbocycles. The predicted molar refractivity (Wildman–Crippen MR) is 108 cm³/mol. The van der Waals surface area contributed by atoms with Crippen LogP contribution in [0.5, 0.6) is 11.5 Å². The fraction of sp³-hybridized carbons (Fsp3) is 0.429. The highest BCUT2D eigenvalue weighted by atomic mass is 32.1. The lowest BCUT2D eigenvalue weighted by Crippen LogP contribution is -2.47. The summed E-state index contributed by atoms with van der Waals surface area (Å²) in [5.41, 5.74) is 2.22. The van der Waals surface area contributed by atoms with Crippen LogP contribution in [0.3, 0.4) is 0 Å². The summed E-state index contributed by atoms with van der Waals surface area (Å²) in [6.45, 7) is 4.45. The number of hydrogen-bond acceptors (Lipinski definition) is 6. The summed E-state index contributed by atoms with van der Waals surface area (Å²) in [4.78, 5) is 21.6. The average molecular weight is 398 g/mol. The van der Waals surface area contributed by atoms with Gasteiger partial charge in [-0.3, -0.25) is 9.69 Å². The number of amides is 1. The van der Waals surface area contributed by atoms with E-state index in [9.17, 15) is 4.79 Å². The monoisotopic (exact) mass is 397 g/mol. The maximum Gasteiger partial charge on any atom is 0.246 e. The first kappa shape index (κ1) is 17.7. The van der Waals surface area contributed by atoms with E-state index >= 15 is 0 Å². The van der Waals surface area contributed by atoms with Gasteiger partial charge in [0.15, 0.2) is 11.5 Å². The smallest absolute Gasteiger partial charge is 0.246 e. The first-order chi connectivity index (χ1) is 13.7. The van der Waals surface area contributed by atoms with Crippen molar-refractivity contribution < 1.29 is 14.3 Å². The molecule has 6 nitrogen and oxygen atoms in total. The van der Waals surface area contributed by atoms with Gasteiger partial charge in [0.25, 0.3) is 0 Å². The summed E-state index contributed by atoms with van der Waals surface area (Å²) in [6, 6.07) is 5.70. The molecule has 2 fully saturated rings. The number of hydrogen-bond donors (Lipinski definition) is 0. The average Bonchev–Trinajstić information content (AvgIpc) is 3.28. The van der Waals surface area contributed by atoms with E-state index in [1.54, 1.807) is 17.4 Å². The Bertz CT molecular complexity index is 898. The quantitative estimate of drug-likeness (QED) is 0.726. The lowest BCUT2D eigenvalue weighted by Gasteiger charge is -2.33. The summed E-state index contributed by atoms with van der Waals surface area (Å²) < 4.78 is 10.7. The van der Waals surface area contributed by atoms with Crippen LogP contribution in [-0.2, 0) is 11.3 Å². The van der Waals surface area contributed by atoms with Gasteiger partial charge < -0.3 is 14.4 Å². The Morgan fingerprint density at radius 3 is 2.82 bits per heavy atom. The second-order valence-corrected chi connectivity index (χ2v) is 8.43. The topological polar surface area (TPSA) is 54.9 Å². The van der Waals surface area contributed by atoms with E-state index in [4.69, 9.17) is 14.5 Å². The van der Waals surface area contributed by atoms with Gasteiger partial charge in [-0.1, -0.05) is 6.07 Å². The Balaban J connectivity index is 1.12. The minimum Gasteiger partial charge on any atom is -0.454 e. The summed E-state index contributed by atoms with van der Waals surface area (Å²) in [6.07, 6.45) is 6.08. The zero-order valence-corrected chi connectivity index (χ0v) is 16.5. The Morgan fingerprint density at radius 2 is 2.00 bits per heavy atom. The number of carbonyl (C=O) groups excluding carboxylic acids is 1. The van der Waals surface area contributed by atoms with E-state index in [0.29, 0.717) is 0 Å². The van der Waals surface area contributed by atoms with Crippen molar-refractivity contribution in [3.8, 4) is 11.5 Å². The molecule has 0 atom stereocenters. The molecule has 0 bridgehead atoms. The van der Waals surface area contributed by atoms with Gasteiger partial charge in [-0.25, -0.2) is 4.98 Å². The first-order valence-electron chi connectivity index (χ1n) is 9.78. The molecule has 0 radical (unpaired) electrons. The van der Waals surface area contributed by atoms with Gasteiger partial charge in [0.05, 0.1) is 12.2 Å². The van der Waals surface area contributed by atoms with Crippen LogP contribution >= 0.6 is 11.3 Å². The zero-order valence-electron chi connectivity index (χ0n) is 15.7. The van der Waals surface area contributed by atoms with Crippen LogP contribution in [-0.4, -0.2) is 53.7 Å². The molecule has 0 N–H and O–H groups in total. The molecule has 0 unspecified atom stereocenters. The van der Waals surface area contributed by atoms with Crippen LogP contribution in [0.4, 0.5) is 0 Å². The number of aromatic nitrogens is 1. The number of piperazine rings is 1. The third-order valence-electron chi connectivity index (χ3n) is 5.42. The molecule has 2 aromatic rings. The third kappa shape index (κ3) is 3.91. The van der Waals surface area contributed by atoms with E-state index in [0.717, 1.165) is 55.7 Å². The highest BCUT2D eigenvalue weighted by molar-refractivity contribution is 7.09. The number of rotatable bonds is 5. The lowest BCUT2D eigenvalue weighted by atomic mass is 10.2. The maximum atomic E-state index is 12.5. The van der Waals surface area contributed by atoms with Crippen LogP contribution in [0.15, 0.2) is 29.7 Å². The molecular weight excluding hydrogens is 374 g/mol. The number of nitrogens with zero attached hydrogens (tertiary/aromatic N) is 3. The van der Waals surface area contributed by atoms with Crippen molar-refractivity contribution in [3.05, 3.63) is 45.9 Å². The molecule has 1 aromatic carbocycles. The van der Waals surface area contributed by atoms with Crippen molar-refractivity contribution in [1.82, 2.24) is 14.8 Å². The van der Waals surface area contributed by atoms with E-state index in [2.05, 4.69) is 10.3 Å². The van der Waals surface area contributed by atoms with Crippen LogP contribution in [0.1, 0.15) is 35.0 Å². The summed E-state index contributed by atoms with van der Waals surface area (Å²) >= 11 is 1.77. The van der Waals surface area contributed by atoms with Crippen molar-refractivity contribution in [2.24, 2.45) is 0 Å². The molecule has 3 aliphatic rings. The molecule has 146 valence electrons. The highest BCUT2D eigenvalue weighted by Gasteiger charge is 2.27. The fourth-order valence-corrected chi connectivity index (χ4v) is 4.49. The van der Waals surface area contributed by atoms with Crippen molar-refractivity contribution >= 4 is 23.3 Å². The minimum absolute atomic E-state index is 0.0579. The van der Waals surface area contributed by atoms with Crippen molar-refractivity contribution in [3.63, 3.8) is 0 Å². The van der Waals surface area contributed by atoms with Gasteiger partial charge >= 0.3 is 0 Å². The molecule has 2 aliphatic heterocycles. The van der Waals surface area contributed by atoms with Crippen LogP contribution in [0, 0.1) is 0 Å². The standard InChI is InChI=1S/C21H23N3O3S/c25-21(6-2-15-1-5-18-19(11-15)27-14-26-18)24-9-7-23(8-10-24)12-20-22-17(13-28-20)16-3-4-16/h1-2,5-6,11,13,16H,3-4,7-10,12,14H2/b6-2+. The number of thiazole rings is 1. The van der Waals surface area contributed by atoms with Crippen LogP contribution in [0.2, 0.25) is 0 Å². The molecule has 1 aromatic heterocycles. The third-order valence-corrected chi connectivity index (χ3v) is 6.27. The second kappa shape index (κ2) is 7.56. The summed E-state index contributed by atoms with van der Waals surface area (Å²) in [7, 11) is 0. The maximum absolute atomic E-state index is 12.5. The van der Waals surface area contributed by atoms with Gasteiger partial charge in [-0.2, -0.15) is 0 Å². The molecule has 7 heteroatoms. The van der Waals surface area contributed by atoms with Crippen molar-refractivity contribution in [2.75, 3.05) is 33.0 Å². The first-order valence-corrected chi connectivity index (χ1v) is 10.7. The van der Waals surface area contributed by atoms with Gasteiger partial charge in [-0.05, 0) is 36.6 Å². The van der Waals surface area contributed by atoms with Gasteiger partial charge in [0, 0.05) is 43.6 Å². The Kier molecular flexibility index (Phi) is 4.78. The van der Waals surface area contributed by atoms with Crippen LogP contribution < -0.4 is 9.47 Å². The van der Waals surface area contributed by atoms with Crippen LogP contribution in [0.25, 0.3) is 6.08 Å². The molecule has 1 saturated heterocycles. The molecule has 1 saturated carbocycles. The molecule has 0 spiro atoms. The number of carbonyl (C=O) groups is 1. The predicted octanol–water partition coefficient (Wildman–Crippen LogP) is 3.11. The van der Waals surface area contributed by atoms with Gasteiger partial charge in [0.2, 0.25) is 12.7 Å². The molecule has 1 amide bonds. The van der Waals surface area contributed by atoms with E-state index in [-0.39, 0.29) is 12.7 Å². The Hall–Kier alpha value is -2.38. The van der Waals surface area contributed by atoms with Crippen molar-refractivity contribution in [2.45, 2.75) is 25.3 Å². The number of benzene rings is 1. The zero-order chi connectivity index (χ0) is 18.9. The minimum atomic E-state index is 0.0579. The Labute approximate surface area is 168 Å². The molecule has 28 heavy (non-hydrogen) atoms. The fourth-order valence-electron chi connectivity index (χ4n) is 3.57. The number of fused-ring (bicyclic) bond motifs is 1. The van der Waals surface area contributed by atoms with E-state index < -0.39 is 0 Å². The summed E-state index contributed by atoms with van der Waals surface area (Å²) in [5, 5.41) is 3.41. The summed E-state index contributed by atoms with van der Waals surface area (Å²) in [5.74, 6) is 2.26. The molecule has 3 heterocycles. The lowest BCUT2D eigenvalue weighted by molar-refractivity contribution is -0.127. The van der Waals surface area contributed by atoms with Crippen molar-refractivity contribution in [1.29, 1.82) is 0 Å². The SMILES string of the molecule is O=C(/C=C/c1ccc2c(c1)OCO2)N1CCN(Cc2nc(C3CC3)cs2)CC1. The molecule has 5 rings (SSSR count). The van der Waals surface area contributed by atoms with E-state index in [1.165, 1.54) is 23.5 Å². The van der Waals surface area contributed by atoms with Gasteiger partial charge in [0.1, 0.15) is 5.01 Å². The number of ether oxygens (including phenoxy) is 2. The normalized spacial score (nSPS) is 19.5. The Morgan fingerprint density at radius 1 is 1.18 bits per heavy atom. The molecular formula is C21H23N3O3S. The van der Waals surface area contributed by atoms with Gasteiger partial charge in [-0.15, -0.1) is 11.3 Å². The van der Waals surface area contributed by atoms with E-state index in [1.807, 2.05) is 29.2 Å².